The monoisotopic (exact) mass is 395 g/mol. The van der Waals surface area contributed by atoms with Crippen LogP contribution >= 0.6 is 0 Å². The third-order valence-corrected chi connectivity index (χ3v) is 7.47. The van der Waals surface area contributed by atoms with Gasteiger partial charge in [-0.2, -0.15) is 0 Å². The molecule has 2 heterocycles. The maximum atomic E-state index is 12.4. The van der Waals surface area contributed by atoms with Crippen molar-refractivity contribution in [3.05, 3.63) is 62.6 Å². The van der Waals surface area contributed by atoms with Gasteiger partial charge in [-0.3, -0.25) is 9.59 Å². The summed E-state index contributed by atoms with van der Waals surface area (Å²) >= 11 is 0. The van der Waals surface area contributed by atoms with E-state index in [1.807, 2.05) is 12.1 Å². The summed E-state index contributed by atoms with van der Waals surface area (Å²) in [5, 5.41) is 12.2. The molecular formula is C22H25N3O4. The number of H-pyrrole nitrogens is 1. The molecule has 3 atom stereocenters. The fraction of sp³-hybridized carbons (Fsp3) is 0.455. The summed E-state index contributed by atoms with van der Waals surface area (Å²) in [5.41, 5.74) is 7.22. The average Bonchev–Trinajstić information content (AvgIpc) is 2.68. The Hall–Kier alpha value is -2.64. The number of aliphatic hydroxyl groups is 1. The number of hydrogen-bond donors (Lipinski definition) is 3. The molecule has 7 heteroatoms. The maximum Gasteiger partial charge on any atom is 0.261 e. The number of pyridine rings is 1. The number of ether oxygens (including phenoxy) is 1. The van der Waals surface area contributed by atoms with Gasteiger partial charge in [0.1, 0.15) is 11.3 Å². The lowest BCUT2D eigenvalue weighted by Crippen LogP contribution is -2.73. The number of likely N-dealkylation sites (tertiary alicyclic amines) is 1. The van der Waals surface area contributed by atoms with Crippen molar-refractivity contribution in [2.24, 2.45) is 5.73 Å². The minimum Gasteiger partial charge on any atom is -0.497 e. The number of methoxy groups -OCH3 is 1. The lowest BCUT2D eigenvalue weighted by Gasteiger charge is -2.63. The van der Waals surface area contributed by atoms with Crippen molar-refractivity contribution in [1.29, 1.82) is 0 Å². The molecule has 2 aromatic rings. The van der Waals surface area contributed by atoms with E-state index in [1.54, 1.807) is 13.2 Å². The fourth-order valence-corrected chi connectivity index (χ4v) is 5.96. The third kappa shape index (κ3) is 2.31. The number of nitrogens with two attached hydrogens (primary N) is 1. The largest absolute Gasteiger partial charge is 0.497 e. The number of likely N-dealkylation sites (N-methyl/N-ethyl adjacent to an activating group) is 1. The Bertz CT molecular complexity index is 1090. The average molecular weight is 395 g/mol. The van der Waals surface area contributed by atoms with Gasteiger partial charge in [-0.05, 0) is 61.3 Å². The van der Waals surface area contributed by atoms with Crippen LogP contribution in [0.25, 0.3) is 0 Å². The van der Waals surface area contributed by atoms with E-state index in [9.17, 15) is 14.7 Å². The van der Waals surface area contributed by atoms with E-state index in [2.05, 4.69) is 23.0 Å². The maximum absolute atomic E-state index is 12.4. The standard InChI is InChI=1S/C22H25N3O4/c1-25-6-5-21-11-17-13(7-15(19(23)26)20(27)24-17)10-22(21,28)18(25)8-12-3-4-14(29-2)9-16(12)21/h3-4,7,9,18,28H,5-6,8,10-11H2,1-2H3,(H2,23,26)(H,24,27)/t18-,21-,22-/m1/s1. The Morgan fingerprint density at radius 1 is 1.31 bits per heavy atom. The van der Waals surface area contributed by atoms with Gasteiger partial charge in [-0.25, -0.2) is 0 Å². The number of benzene rings is 1. The molecule has 5 rings (SSSR count). The summed E-state index contributed by atoms with van der Waals surface area (Å²) < 4.78 is 5.48. The number of nitrogens with one attached hydrogen (secondary N) is 1. The number of carbonyl (C=O) groups is 1. The number of fused-ring (bicyclic) bond motifs is 2. The Morgan fingerprint density at radius 2 is 2.10 bits per heavy atom. The van der Waals surface area contributed by atoms with Crippen molar-refractivity contribution in [2.45, 2.75) is 42.7 Å². The zero-order chi connectivity index (χ0) is 20.6. The SMILES string of the molecule is COc1ccc2c(c1)[C@]13CCN(C)[C@H](C2)[C@]1(O)Cc1cc(C(N)=O)c(=O)[nH]c1C3. The molecule has 1 aromatic heterocycles. The molecule has 1 fully saturated rings. The van der Waals surface area contributed by atoms with Crippen LogP contribution in [0.2, 0.25) is 0 Å². The summed E-state index contributed by atoms with van der Waals surface area (Å²) in [6.45, 7) is 0.864. The molecule has 0 saturated carbocycles. The van der Waals surface area contributed by atoms with Gasteiger partial charge in [-0.1, -0.05) is 6.07 Å². The summed E-state index contributed by atoms with van der Waals surface area (Å²) in [5.74, 6) is 0.0126. The second-order valence-corrected chi connectivity index (χ2v) is 8.71. The first-order valence-electron chi connectivity index (χ1n) is 9.94. The van der Waals surface area contributed by atoms with Crippen molar-refractivity contribution in [1.82, 2.24) is 9.88 Å². The second kappa shape index (κ2) is 5.93. The van der Waals surface area contributed by atoms with E-state index in [4.69, 9.17) is 10.5 Å². The van der Waals surface area contributed by atoms with E-state index >= 15 is 0 Å². The summed E-state index contributed by atoms with van der Waals surface area (Å²) in [6, 6.07) is 7.62. The smallest absolute Gasteiger partial charge is 0.261 e. The van der Waals surface area contributed by atoms with Crippen LogP contribution in [-0.4, -0.2) is 53.2 Å². The number of aromatic nitrogens is 1. The molecule has 0 radical (unpaired) electrons. The third-order valence-electron chi connectivity index (χ3n) is 7.47. The molecule has 0 unspecified atom stereocenters. The molecular weight excluding hydrogens is 370 g/mol. The fourth-order valence-electron chi connectivity index (χ4n) is 5.96. The molecule has 4 N–H and O–H groups in total. The molecule has 2 bridgehead atoms. The predicted octanol–water partition coefficient (Wildman–Crippen LogP) is 0.510. The van der Waals surface area contributed by atoms with Crippen molar-refractivity contribution in [2.75, 3.05) is 20.7 Å². The van der Waals surface area contributed by atoms with Gasteiger partial charge in [0, 0.05) is 30.0 Å². The normalized spacial score (nSPS) is 30.1. The Kier molecular flexibility index (Phi) is 3.76. The Labute approximate surface area is 168 Å². The van der Waals surface area contributed by atoms with Gasteiger partial charge in [0.2, 0.25) is 0 Å². The van der Waals surface area contributed by atoms with E-state index < -0.39 is 22.5 Å². The molecule has 1 aliphatic heterocycles. The van der Waals surface area contributed by atoms with Crippen molar-refractivity contribution in [3.63, 3.8) is 0 Å². The lowest BCUT2D eigenvalue weighted by molar-refractivity contribution is -0.145. The molecule has 1 amide bonds. The van der Waals surface area contributed by atoms with E-state index in [0.717, 1.165) is 42.0 Å². The van der Waals surface area contributed by atoms with E-state index in [1.165, 1.54) is 5.56 Å². The van der Waals surface area contributed by atoms with Gasteiger partial charge in [-0.15, -0.1) is 0 Å². The van der Waals surface area contributed by atoms with Crippen molar-refractivity contribution >= 4 is 5.91 Å². The van der Waals surface area contributed by atoms with Crippen molar-refractivity contribution < 1.29 is 14.6 Å². The van der Waals surface area contributed by atoms with Crippen LogP contribution in [0, 0.1) is 0 Å². The molecule has 2 aliphatic carbocycles. The van der Waals surface area contributed by atoms with Gasteiger partial charge in [0.25, 0.3) is 11.5 Å². The molecule has 7 nitrogen and oxygen atoms in total. The predicted molar refractivity (Wildman–Crippen MR) is 107 cm³/mol. The number of amides is 1. The topological polar surface area (TPSA) is 109 Å². The quantitative estimate of drug-likeness (QED) is 0.687. The number of carbonyl (C=O) groups excluding carboxylic acids is 1. The number of hydrogen-bond acceptors (Lipinski definition) is 5. The highest BCUT2D eigenvalue weighted by molar-refractivity contribution is 5.92. The molecule has 152 valence electrons. The van der Waals surface area contributed by atoms with Gasteiger partial charge in [0.15, 0.2) is 0 Å². The molecule has 1 aromatic carbocycles. The van der Waals surface area contributed by atoms with Gasteiger partial charge in [0.05, 0.1) is 12.7 Å². The van der Waals surface area contributed by atoms with Crippen LogP contribution in [0.5, 0.6) is 5.75 Å². The number of nitrogens with zero attached hydrogens (tertiary/aromatic N) is 1. The molecule has 3 aliphatic rings. The number of primary amides is 1. The first kappa shape index (κ1) is 18.4. The van der Waals surface area contributed by atoms with Gasteiger partial charge >= 0.3 is 0 Å². The molecule has 0 spiro atoms. The van der Waals surface area contributed by atoms with Crippen LogP contribution < -0.4 is 16.0 Å². The van der Waals surface area contributed by atoms with Crippen LogP contribution in [0.15, 0.2) is 29.1 Å². The summed E-state index contributed by atoms with van der Waals surface area (Å²) in [6.07, 6.45) is 2.40. The summed E-state index contributed by atoms with van der Waals surface area (Å²) in [4.78, 5) is 29.2. The van der Waals surface area contributed by atoms with E-state index in [-0.39, 0.29) is 11.6 Å². The second-order valence-electron chi connectivity index (χ2n) is 8.71. The van der Waals surface area contributed by atoms with Crippen molar-refractivity contribution in [3.8, 4) is 5.75 Å². The molecule has 1 saturated heterocycles. The van der Waals surface area contributed by atoms with Crippen LogP contribution in [0.1, 0.15) is 39.2 Å². The summed E-state index contributed by atoms with van der Waals surface area (Å²) in [7, 11) is 3.70. The Balaban J connectivity index is 1.76. The highest BCUT2D eigenvalue weighted by atomic mass is 16.5. The number of aromatic amines is 1. The first-order chi connectivity index (χ1) is 13.8. The minimum atomic E-state index is -1.01. The van der Waals surface area contributed by atoms with Gasteiger partial charge < -0.3 is 25.5 Å². The van der Waals surface area contributed by atoms with E-state index in [0.29, 0.717) is 12.8 Å². The number of piperidine rings is 1. The highest BCUT2D eigenvalue weighted by Gasteiger charge is 2.64. The zero-order valence-corrected chi connectivity index (χ0v) is 16.6. The Morgan fingerprint density at radius 3 is 2.83 bits per heavy atom. The zero-order valence-electron chi connectivity index (χ0n) is 16.6. The minimum absolute atomic E-state index is 0.0470. The van der Waals surface area contributed by atoms with Crippen LogP contribution in [0.4, 0.5) is 0 Å². The molecule has 29 heavy (non-hydrogen) atoms. The van der Waals surface area contributed by atoms with Crippen LogP contribution in [-0.2, 0) is 24.7 Å². The highest BCUT2D eigenvalue weighted by Crippen LogP contribution is 2.56. The first-order valence-corrected chi connectivity index (χ1v) is 9.94. The lowest BCUT2D eigenvalue weighted by atomic mass is 9.49. The van der Waals surface area contributed by atoms with Crippen LogP contribution in [0.3, 0.4) is 0 Å². The number of rotatable bonds is 2.